The number of aliphatic carboxylic acids is 1. The van der Waals surface area contributed by atoms with Crippen LogP contribution in [0, 0.1) is 0 Å². The van der Waals surface area contributed by atoms with Crippen LogP contribution in [0.2, 0.25) is 0 Å². The minimum Gasteiger partial charge on any atom is -0.506 e. The Balaban J connectivity index is 2.15. The Kier molecular flexibility index (Phi) is 6.13. The van der Waals surface area contributed by atoms with E-state index in [9.17, 15) is 27.9 Å². The van der Waals surface area contributed by atoms with E-state index in [2.05, 4.69) is 36.2 Å². The van der Waals surface area contributed by atoms with E-state index in [1.807, 2.05) is 0 Å². The first-order valence-corrected chi connectivity index (χ1v) is 8.31. The molecule has 26 heavy (non-hydrogen) atoms. The highest BCUT2D eigenvalue weighted by Crippen LogP contribution is 2.34. The quantitative estimate of drug-likeness (QED) is 0.463. The number of hydrogen-bond acceptors (Lipinski definition) is 7. The van der Waals surface area contributed by atoms with Crippen LogP contribution < -0.4 is 10.1 Å². The minimum atomic E-state index is -4.91. The van der Waals surface area contributed by atoms with Crippen molar-refractivity contribution in [3.8, 4) is 11.5 Å². The lowest BCUT2D eigenvalue weighted by Crippen LogP contribution is -2.26. The highest BCUT2D eigenvalue weighted by molar-refractivity contribution is 9.10. The van der Waals surface area contributed by atoms with Crippen LogP contribution in [-0.2, 0) is 9.59 Å². The molecule has 1 aromatic rings. The average molecular weight is 456 g/mol. The minimum absolute atomic E-state index is 0.0266. The number of nitrogens with one attached hydrogen (secondary N) is 1. The SMILES string of the molecule is O=C(O)CC1SC(=NN=Cc2cc(OC(F)(F)F)cc(Br)c2O)NC1=O. The number of hydrogen-bond donors (Lipinski definition) is 3. The zero-order valence-corrected chi connectivity index (χ0v) is 14.9. The van der Waals surface area contributed by atoms with Gasteiger partial charge in [0.15, 0.2) is 5.17 Å². The summed E-state index contributed by atoms with van der Waals surface area (Å²) in [4.78, 5) is 22.2. The van der Waals surface area contributed by atoms with E-state index in [4.69, 9.17) is 5.11 Å². The molecule has 1 atom stereocenters. The van der Waals surface area contributed by atoms with Gasteiger partial charge in [-0.2, -0.15) is 5.10 Å². The van der Waals surface area contributed by atoms with Crippen molar-refractivity contribution in [1.29, 1.82) is 0 Å². The number of carboxylic acids is 1. The second-order valence-electron chi connectivity index (χ2n) is 4.73. The van der Waals surface area contributed by atoms with Crippen molar-refractivity contribution >= 4 is 51.0 Å². The summed E-state index contributed by atoms with van der Waals surface area (Å²) >= 11 is 3.74. The van der Waals surface area contributed by atoms with Gasteiger partial charge in [0.25, 0.3) is 0 Å². The van der Waals surface area contributed by atoms with E-state index >= 15 is 0 Å². The maximum atomic E-state index is 12.3. The summed E-state index contributed by atoms with van der Waals surface area (Å²) in [5.74, 6) is -2.67. The fourth-order valence-corrected chi connectivity index (χ4v) is 3.14. The Bertz CT molecular complexity index is 800. The highest BCUT2D eigenvalue weighted by Gasteiger charge is 2.32. The van der Waals surface area contributed by atoms with Gasteiger partial charge in [-0.05, 0) is 28.1 Å². The van der Waals surface area contributed by atoms with E-state index in [0.717, 1.165) is 30.1 Å². The number of carbonyl (C=O) groups excluding carboxylic acids is 1. The standard InChI is InChI=1S/C13H9BrF3N3O5S/c14-7-2-6(25-13(15,16)17)1-5(10(7)23)4-18-20-12-19-11(24)8(26-12)3-9(21)22/h1-2,4,8,23H,3H2,(H,21,22)(H,19,20,24). The van der Waals surface area contributed by atoms with Crippen LogP contribution >= 0.6 is 27.7 Å². The monoisotopic (exact) mass is 455 g/mol. The number of halogens is 4. The molecule has 8 nitrogen and oxygen atoms in total. The number of thioether (sulfide) groups is 1. The number of carbonyl (C=O) groups is 2. The summed E-state index contributed by atoms with van der Waals surface area (Å²) in [5.41, 5.74) is -0.126. The zero-order chi connectivity index (χ0) is 19.5. The fraction of sp³-hybridized carbons (Fsp3) is 0.231. The molecular weight excluding hydrogens is 447 g/mol. The predicted octanol–water partition coefficient (Wildman–Crippen LogP) is 2.45. The van der Waals surface area contributed by atoms with Gasteiger partial charge in [0.2, 0.25) is 5.91 Å². The number of aromatic hydroxyl groups is 1. The van der Waals surface area contributed by atoms with Gasteiger partial charge in [0.1, 0.15) is 16.7 Å². The van der Waals surface area contributed by atoms with E-state index in [1.54, 1.807) is 0 Å². The van der Waals surface area contributed by atoms with Gasteiger partial charge in [-0.25, -0.2) is 0 Å². The second kappa shape index (κ2) is 7.95. The van der Waals surface area contributed by atoms with Crippen molar-refractivity contribution < 1.29 is 37.7 Å². The van der Waals surface area contributed by atoms with Gasteiger partial charge in [-0.3, -0.25) is 9.59 Å². The average Bonchev–Trinajstić information content (AvgIpc) is 2.81. The molecule has 1 aliphatic heterocycles. The predicted molar refractivity (Wildman–Crippen MR) is 89.3 cm³/mol. The van der Waals surface area contributed by atoms with Crippen molar-refractivity contribution in [2.24, 2.45) is 10.2 Å². The van der Waals surface area contributed by atoms with Gasteiger partial charge >= 0.3 is 12.3 Å². The largest absolute Gasteiger partial charge is 0.573 e. The number of phenols is 1. The third kappa shape index (κ3) is 5.62. The number of carboxylic acid groups (broad SMARTS) is 1. The fourth-order valence-electron chi connectivity index (χ4n) is 1.77. The smallest absolute Gasteiger partial charge is 0.506 e. The molecule has 0 aromatic heterocycles. The topological polar surface area (TPSA) is 121 Å². The van der Waals surface area contributed by atoms with Crippen molar-refractivity contribution in [2.45, 2.75) is 18.0 Å². The molecule has 2 rings (SSSR count). The van der Waals surface area contributed by atoms with Crippen LogP contribution in [0.1, 0.15) is 12.0 Å². The molecule has 1 aromatic carbocycles. The summed E-state index contributed by atoms with van der Waals surface area (Å²) < 4.78 is 40.6. The first-order valence-electron chi connectivity index (χ1n) is 6.64. The molecule has 1 aliphatic rings. The molecule has 1 amide bonds. The second-order valence-corrected chi connectivity index (χ2v) is 6.78. The first kappa shape index (κ1) is 20.0. The molecule has 13 heteroatoms. The van der Waals surface area contributed by atoms with Crippen LogP contribution in [0.3, 0.4) is 0 Å². The number of amidine groups is 1. The molecule has 0 spiro atoms. The number of nitrogens with zero attached hydrogens (tertiary/aromatic N) is 2. The molecule has 3 N–H and O–H groups in total. The van der Waals surface area contributed by atoms with Crippen molar-refractivity contribution in [3.63, 3.8) is 0 Å². The van der Waals surface area contributed by atoms with Crippen LogP contribution in [0.4, 0.5) is 13.2 Å². The number of alkyl halides is 3. The number of ether oxygens (including phenoxy) is 1. The Morgan fingerprint density at radius 1 is 1.46 bits per heavy atom. The molecule has 140 valence electrons. The Morgan fingerprint density at radius 3 is 2.77 bits per heavy atom. The molecule has 0 radical (unpaired) electrons. The maximum Gasteiger partial charge on any atom is 0.573 e. The van der Waals surface area contributed by atoms with Gasteiger partial charge in [-0.1, -0.05) is 11.8 Å². The molecule has 1 unspecified atom stereocenters. The van der Waals surface area contributed by atoms with E-state index in [0.29, 0.717) is 0 Å². The summed E-state index contributed by atoms with van der Waals surface area (Å²) in [6.45, 7) is 0. The Hall–Kier alpha value is -2.28. The van der Waals surface area contributed by atoms with Gasteiger partial charge in [0, 0.05) is 5.56 Å². The molecule has 1 heterocycles. The molecule has 0 bridgehead atoms. The normalized spacial score (nSPS) is 19.2. The van der Waals surface area contributed by atoms with Crippen LogP contribution in [0.5, 0.6) is 11.5 Å². The van der Waals surface area contributed by atoms with Gasteiger partial charge in [0.05, 0.1) is 17.1 Å². The lowest BCUT2D eigenvalue weighted by atomic mass is 10.2. The van der Waals surface area contributed by atoms with Gasteiger partial charge < -0.3 is 20.3 Å². The number of rotatable bonds is 5. The Labute approximate surface area is 156 Å². The Morgan fingerprint density at radius 2 is 2.15 bits per heavy atom. The third-order valence-electron chi connectivity index (χ3n) is 2.78. The van der Waals surface area contributed by atoms with Crippen LogP contribution in [0.25, 0.3) is 0 Å². The molecule has 0 aliphatic carbocycles. The summed E-state index contributed by atoms with van der Waals surface area (Å²) in [6, 6.07) is 1.82. The third-order valence-corrected chi connectivity index (χ3v) is 4.46. The van der Waals surface area contributed by atoms with E-state index in [1.165, 1.54) is 0 Å². The summed E-state index contributed by atoms with van der Waals surface area (Å²) in [6.07, 6.45) is -4.35. The number of benzene rings is 1. The van der Waals surface area contributed by atoms with Crippen molar-refractivity contribution in [3.05, 3.63) is 22.2 Å². The molecular formula is C13H9BrF3N3O5S. The van der Waals surface area contributed by atoms with Crippen LogP contribution in [0.15, 0.2) is 26.8 Å². The highest BCUT2D eigenvalue weighted by atomic mass is 79.9. The van der Waals surface area contributed by atoms with Crippen molar-refractivity contribution in [2.75, 3.05) is 0 Å². The lowest BCUT2D eigenvalue weighted by Gasteiger charge is -2.10. The summed E-state index contributed by atoms with van der Waals surface area (Å²) in [5, 5.41) is 27.2. The van der Waals surface area contributed by atoms with Crippen LogP contribution in [-0.4, -0.2) is 45.1 Å². The molecule has 0 saturated carbocycles. The lowest BCUT2D eigenvalue weighted by molar-refractivity contribution is -0.274. The maximum absolute atomic E-state index is 12.3. The first-order chi connectivity index (χ1) is 12.0. The van der Waals surface area contributed by atoms with Crippen molar-refractivity contribution in [1.82, 2.24) is 5.32 Å². The zero-order valence-electron chi connectivity index (χ0n) is 12.5. The van der Waals surface area contributed by atoms with E-state index in [-0.39, 0.29) is 15.2 Å². The number of phenolic OH excluding ortho intramolecular Hbond substituents is 1. The summed E-state index contributed by atoms with van der Waals surface area (Å²) in [7, 11) is 0. The molecule has 1 fully saturated rings. The van der Waals surface area contributed by atoms with Gasteiger partial charge in [-0.15, -0.1) is 18.3 Å². The molecule has 1 saturated heterocycles. The van der Waals surface area contributed by atoms with E-state index < -0.39 is 41.4 Å². The number of amides is 1.